The van der Waals surface area contributed by atoms with Crippen molar-refractivity contribution < 1.29 is 39.0 Å². The van der Waals surface area contributed by atoms with Crippen LogP contribution in [0.3, 0.4) is 0 Å². The van der Waals surface area contributed by atoms with Crippen molar-refractivity contribution in [1.82, 2.24) is 25.9 Å². The summed E-state index contributed by atoms with van der Waals surface area (Å²) in [6.45, 7) is 1.28. The lowest BCUT2D eigenvalue weighted by Gasteiger charge is -2.23. The van der Waals surface area contributed by atoms with Crippen LogP contribution in [0.2, 0.25) is 0 Å². The molecular weight excluding hydrogens is 442 g/mol. The number of hydrogen-bond donors (Lipinski definition) is 8. The summed E-state index contributed by atoms with van der Waals surface area (Å²) >= 11 is 0. The number of nitrogens with two attached hydrogens (primary N) is 2. The van der Waals surface area contributed by atoms with Gasteiger partial charge in [0.1, 0.15) is 18.1 Å². The van der Waals surface area contributed by atoms with Crippen LogP contribution in [-0.4, -0.2) is 79.9 Å². The number of imidazole rings is 1. The SMILES string of the molecule is CC(NC(=O)C(Cc1cnc[nH]1)NC(=O)C(N)CC(=O)O)C(=O)NC(CCC(N)=O)C(=O)O. The fourth-order valence-corrected chi connectivity index (χ4v) is 2.61. The largest absolute Gasteiger partial charge is 0.481 e. The van der Waals surface area contributed by atoms with E-state index < -0.39 is 66.2 Å². The Morgan fingerprint density at radius 3 is 2.18 bits per heavy atom. The molecule has 0 aliphatic rings. The zero-order chi connectivity index (χ0) is 25.1. The maximum Gasteiger partial charge on any atom is 0.326 e. The molecule has 4 amide bonds. The first-order valence-corrected chi connectivity index (χ1v) is 9.77. The van der Waals surface area contributed by atoms with Crippen molar-refractivity contribution in [3.05, 3.63) is 18.2 Å². The summed E-state index contributed by atoms with van der Waals surface area (Å²) in [5, 5.41) is 24.8. The van der Waals surface area contributed by atoms with Crippen molar-refractivity contribution in [3.8, 4) is 0 Å². The van der Waals surface area contributed by atoms with Crippen molar-refractivity contribution in [1.29, 1.82) is 0 Å². The number of hydrogen-bond acceptors (Lipinski definition) is 8. The molecule has 15 nitrogen and oxygen atoms in total. The van der Waals surface area contributed by atoms with E-state index in [2.05, 4.69) is 25.9 Å². The lowest BCUT2D eigenvalue weighted by atomic mass is 10.1. The molecule has 15 heteroatoms. The molecule has 0 radical (unpaired) electrons. The van der Waals surface area contributed by atoms with E-state index in [1.807, 2.05) is 0 Å². The number of carboxylic acid groups (broad SMARTS) is 2. The monoisotopic (exact) mass is 469 g/mol. The smallest absolute Gasteiger partial charge is 0.326 e. The predicted octanol–water partition coefficient (Wildman–Crippen LogP) is -3.42. The minimum Gasteiger partial charge on any atom is -0.481 e. The van der Waals surface area contributed by atoms with Crippen molar-refractivity contribution in [2.24, 2.45) is 11.5 Å². The summed E-state index contributed by atoms with van der Waals surface area (Å²) in [6, 6.07) is -5.29. The van der Waals surface area contributed by atoms with Crippen LogP contribution in [0.1, 0.15) is 31.9 Å². The van der Waals surface area contributed by atoms with E-state index in [-0.39, 0.29) is 19.3 Å². The second kappa shape index (κ2) is 12.7. The molecule has 0 aromatic carbocycles. The Labute approximate surface area is 187 Å². The molecule has 1 aromatic heterocycles. The predicted molar refractivity (Wildman–Crippen MR) is 110 cm³/mol. The van der Waals surface area contributed by atoms with Gasteiger partial charge in [0.2, 0.25) is 23.6 Å². The molecule has 1 aromatic rings. The molecule has 0 saturated carbocycles. The highest BCUT2D eigenvalue weighted by Gasteiger charge is 2.29. The Morgan fingerprint density at radius 1 is 1.03 bits per heavy atom. The Balaban J connectivity index is 2.83. The van der Waals surface area contributed by atoms with Gasteiger partial charge >= 0.3 is 11.9 Å². The topological polar surface area (TPSA) is 260 Å². The van der Waals surface area contributed by atoms with Crippen LogP contribution in [0.25, 0.3) is 0 Å². The van der Waals surface area contributed by atoms with E-state index in [1.54, 1.807) is 0 Å². The van der Waals surface area contributed by atoms with Gasteiger partial charge in [-0.15, -0.1) is 0 Å². The number of carboxylic acids is 2. The van der Waals surface area contributed by atoms with Crippen LogP contribution < -0.4 is 27.4 Å². The molecule has 4 atom stereocenters. The number of amides is 4. The minimum absolute atomic E-state index is 0.0813. The standard InChI is InChI=1S/C18H27N7O8/c1-8(15(29)24-11(18(32)33)2-3-13(20)26)23-17(31)12(4-9-6-21-7-22-9)25-16(30)10(19)5-14(27)28/h6-8,10-12H,2-5,19H2,1H3,(H2,20,26)(H,21,22)(H,23,31)(H,24,29)(H,25,30)(H,27,28)(H,32,33). The number of nitrogens with one attached hydrogen (secondary N) is 4. The maximum absolute atomic E-state index is 12.7. The number of carbonyl (C=O) groups is 6. The van der Waals surface area contributed by atoms with Gasteiger partial charge in [-0.3, -0.25) is 24.0 Å². The average molecular weight is 469 g/mol. The minimum atomic E-state index is -1.41. The number of rotatable bonds is 14. The zero-order valence-electron chi connectivity index (χ0n) is 17.7. The van der Waals surface area contributed by atoms with Crippen LogP contribution in [0.4, 0.5) is 0 Å². The number of primary amides is 1. The van der Waals surface area contributed by atoms with Crippen LogP contribution in [0.5, 0.6) is 0 Å². The van der Waals surface area contributed by atoms with Crippen molar-refractivity contribution in [2.45, 2.75) is 56.8 Å². The van der Waals surface area contributed by atoms with E-state index in [1.165, 1.54) is 19.4 Å². The van der Waals surface area contributed by atoms with E-state index in [0.717, 1.165) is 0 Å². The van der Waals surface area contributed by atoms with Gasteiger partial charge in [0.05, 0.1) is 18.8 Å². The second-order valence-corrected chi connectivity index (χ2v) is 7.18. The van der Waals surface area contributed by atoms with Gasteiger partial charge < -0.3 is 42.6 Å². The number of H-pyrrole nitrogens is 1. The molecule has 0 fully saturated rings. The lowest BCUT2D eigenvalue weighted by molar-refractivity contribution is -0.142. The number of aliphatic carboxylic acids is 2. The molecule has 10 N–H and O–H groups in total. The summed E-state index contributed by atoms with van der Waals surface area (Å²) in [5.41, 5.74) is 11.0. The number of nitrogens with zero attached hydrogens (tertiary/aromatic N) is 1. The van der Waals surface area contributed by atoms with E-state index in [9.17, 15) is 33.9 Å². The Kier molecular flexibility index (Phi) is 10.4. The summed E-state index contributed by atoms with van der Waals surface area (Å²) in [5.74, 6) is -6.00. The summed E-state index contributed by atoms with van der Waals surface area (Å²) in [7, 11) is 0. The van der Waals surface area contributed by atoms with Crippen LogP contribution in [0, 0.1) is 0 Å². The van der Waals surface area contributed by atoms with Gasteiger partial charge in [0, 0.05) is 24.7 Å². The fourth-order valence-electron chi connectivity index (χ4n) is 2.61. The summed E-state index contributed by atoms with van der Waals surface area (Å²) < 4.78 is 0. The Morgan fingerprint density at radius 2 is 1.67 bits per heavy atom. The maximum atomic E-state index is 12.7. The van der Waals surface area contributed by atoms with Gasteiger partial charge in [0.15, 0.2) is 0 Å². The first kappa shape index (κ1) is 27.0. The number of aromatic amines is 1. The molecule has 33 heavy (non-hydrogen) atoms. The molecule has 0 spiro atoms. The third kappa shape index (κ3) is 9.77. The molecule has 0 aliphatic carbocycles. The summed E-state index contributed by atoms with van der Waals surface area (Å²) in [6.07, 6.45) is 1.49. The van der Waals surface area contributed by atoms with Gasteiger partial charge in [0.25, 0.3) is 0 Å². The van der Waals surface area contributed by atoms with Crippen molar-refractivity contribution in [2.75, 3.05) is 0 Å². The summed E-state index contributed by atoms with van der Waals surface area (Å²) in [4.78, 5) is 76.7. The van der Waals surface area contributed by atoms with E-state index in [4.69, 9.17) is 16.6 Å². The molecule has 4 unspecified atom stereocenters. The molecule has 1 rings (SSSR count). The van der Waals surface area contributed by atoms with Crippen molar-refractivity contribution >= 4 is 35.6 Å². The van der Waals surface area contributed by atoms with Gasteiger partial charge in [-0.1, -0.05) is 0 Å². The lowest BCUT2D eigenvalue weighted by Crippen LogP contribution is -2.57. The fraction of sp³-hybridized carbons (Fsp3) is 0.500. The van der Waals surface area contributed by atoms with Gasteiger partial charge in [-0.05, 0) is 13.3 Å². The van der Waals surface area contributed by atoms with Crippen LogP contribution in [-0.2, 0) is 35.2 Å². The van der Waals surface area contributed by atoms with E-state index >= 15 is 0 Å². The Bertz CT molecular complexity index is 873. The van der Waals surface area contributed by atoms with Crippen LogP contribution >= 0.6 is 0 Å². The van der Waals surface area contributed by atoms with Crippen molar-refractivity contribution in [3.63, 3.8) is 0 Å². The Hall–Kier alpha value is -4.01. The molecule has 0 saturated heterocycles. The highest BCUT2D eigenvalue weighted by atomic mass is 16.4. The first-order valence-electron chi connectivity index (χ1n) is 9.77. The average Bonchev–Trinajstić information content (AvgIpc) is 3.22. The third-order valence-corrected chi connectivity index (χ3v) is 4.39. The number of aromatic nitrogens is 2. The van der Waals surface area contributed by atoms with Crippen LogP contribution in [0.15, 0.2) is 12.5 Å². The zero-order valence-corrected chi connectivity index (χ0v) is 17.7. The quantitative estimate of drug-likeness (QED) is 0.134. The first-order chi connectivity index (χ1) is 15.4. The van der Waals surface area contributed by atoms with Gasteiger partial charge in [-0.2, -0.15) is 0 Å². The van der Waals surface area contributed by atoms with E-state index in [0.29, 0.717) is 5.69 Å². The molecule has 0 aliphatic heterocycles. The highest BCUT2D eigenvalue weighted by Crippen LogP contribution is 2.03. The second-order valence-electron chi connectivity index (χ2n) is 7.18. The van der Waals surface area contributed by atoms with Gasteiger partial charge in [-0.25, -0.2) is 9.78 Å². The molecule has 182 valence electrons. The third-order valence-electron chi connectivity index (χ3n) is 4.39. The molecular formula is C18H27N7O8. The normalized spacial score (nSPS) is 14.2. The number of carbonyl (C=O) groups excluding carboxylic acids is 4. The highest BCUT2D eigenvalue weighted by molar-refractivity contribution is 5.94. The molecule has 0 bridgehead atoms. The molecule has 1 heterocycles.